The monoisotopic (exact) mass is 309 g/mol. The zero-order chi connectivity index (χ0) is 16.2. The number of carbonyl (C=O) groups excluding carboxylic acids is 1. The number of fused-ring (bicyclic) bond motifs is 1. The number of hydrogen-bond donors (Lipinski definition) is 1. The van der Waals surface area contributed by atoms with Gasteiger partial charge in [0.2, 0.25) is 0 Å². The van der Waals surface area contributed by atoms with Crippen molar-refractivity contribution in [2.24, 2.45) is 0 Å². The predicted octanol–water partition coefficient (Wildman–Crippen LogP) is 2.58. The molecular weight excluding hydrogens is 290 g/mol. The van der Waals surface area contributed by atoms with Crippen LogP contribution in [0.2, 0.25) is 0 Å². The van der Waals surface area contributed by atoms with Gasteiger partial charge in [-0.05, 0) is 24.6 Å². The molecule has 1 amide bonds. The third kappa shape index (κ3) is 3.36. The second-order valence-corrected chi connectivity index (χ2v) is 5.54. The number of nitrogens with one attached hydrogen (secondary N) is 1. The van der Waals surface area contributed by atoms with Crippen LogP contribution in [-0.4, -0.2) is 38.0 Å². The molecule has 118 valence electrons. The van der Waals surface area contributed by atoms with E-state index in [1.165, 1.54) is 0 Å². The van der Waals surface area contributed by atoms with E-state index < -0.39 is 0 Å². The maximum absolute atomic E-state index is 12.4. The zero-order valence-electron chi connectivity index (χ0n) is 13.3. The molecule has 0 saturated carbocycles. The minimum Gasteiger partial charge on any atom is -0.334 e. The van der Waals surface area contributed by atoms with Crippen LogP contribution in [0.5, 0.6) is 0 Å². The van der Waals surface area contributed by atoms with Crippen LogP contribution in [0, 0.1) is 0 Å². The molecule has 0 aliphatic carbocycles. The summed E-state index contributed by atoms with van der Waals surface area (Å²) in [6.45, 7) is 2.49. The van der Waals surface area contributed by atoms with E-state index in [9.17, 15) is 4.79 Å². The number of H-pyrrole nitrogens is 1. The van der Waals surface area contributed by atoms with Gasteiger partial charge in [0.1, 0.15) is 5.69 Å². The van der Waals surface area contributed by atoms with E-state index in [1.54, 1.807) is 18.1 Å². The van der Waals surface area contributed by atoms with Crippen LogP contribution in [0.15, 0.2) is 36.5 Å². The molecule has 0 aliphatic rings. The molecule has 0 aliphatic heterocycles. The third-order valence-electron chi connectivity index (χ3n) is 3.61. The van der Waals surface area contributed by atoms with Gasteiger partial charge in [0.15, 0.2) is 0 Å². The van der Waals surface area contributed by atoms with Gasteiger partial charge in [-0.25, -0.2) is 4.98 Å². The van der Waals surface area contributed by atoms with Crippen molar-refractivity contribution >= 4 is 16.9 Å². The highest BCUT2D eigenvalue weighted by atomic mass is 16.2. The molecule has 0 spiro atoms. The van der Waals surface area contributed by atoms with E-state index in [2.05, 4.69) is 27.1 Å². The number of amides is 1. The SMILES string of the molecule is CCCc1cc(C(=O)N(C)Cc2cnc3ccccc3n2)n[nH]1. The molecule has 2 aromatic heterocycles. The van der Waals surface area contributed by atoms with E-state index in [4.69, 9.17) is 0 Å². The van der Waals surface area contributed by atoms with Crippen molar-refractivity contribution < 1.29 is 4.79 Å². The summed E-state index contributed by atoms with van der Waals surface area (Å²) >= 11 is 0. The molecule has 6 nitrogen and oxygen atoms in total. The summed E-state index contributed by atoms with van der Waals surface area (Å²) < 4.78 is 0. The van der Waals surface area contributed by atoms with E-state index in [-0.39, 0.29) is 5.91 Å². The van der Waals surface area contributed by atoms with Crippen LogP contribution < -0.4 is 0 Å². The first-order chi connectivity index (χ1) is 11.2. The molecule has 2 heterocycles. The summed E-state index contributed by atoms with van der Waals surface area (Å²) in [6.07, 6.45) is 3.61. The fourth-order valence-electron chi connectivity index (χ4n) is 2.45. The number of nitrogens with zero attached hydrogens (tertiary/aromatic N) is 4. The summed E-state index contributed by atoms with van der Waals surface area (Å²) in [4.78, 5) is 22.9. The highest BCUT2D eigenvalue weighted by molar-refractivity contribution is 5.92. The number of rotatable bonds is 5. The van der Waals surface area contributed by atoms with Crippen LogP contribution in [0.3, 0.4) is 0 Å². The molecular formula is C17H19N5O. The summed E-state index contributed by atoms with van der Waals surface area (Å²) in [5.74, 6) is -0.126. The molecule has 0 bridgehead atoms. The summed E-state index contributed by atoms with van der Waals surface area (Å²) in [7, 11) is 1.74. The third-order valence-corrected chi connectivity index (χ3v) is 3.61. The van der Waals surface area contributed by atoms with Crippen LogP contribution in [0.4, 0.5) is 0 Å². The van der Waals surface area contributed by atoms with Crippen molar-refractivity contribution in [3.63, 3.8) is 0 Å². The lowest BCUT2D eigenvalue weighted by atomic mass is 10.2. The van der Waals surface area contributed by atoms with Crippen molar-refractivity contribution in [3.8, 4) is 0 Å². The molecule has 23 heavy (non-hydrogen) atoms. The fourth-order valence-corrected chi connectivity index (χ4v) is 2.45. The van der Waals surface area contributed by atoms with E-state index in [1.807, 2.05) is 30.3 Å². The van der Waals surface area contributed by atoms with Crippen LogP contribution >= 0.6 is 0 Å². The second kappa shape index (κ2) is 6.56. The van der Waals surface area contributed by atoms with Gasteiger partial charge in [0.25, 0.3) is 5.91 Å². The Morgan fingerprint density at radius 3 is 2.83 bits per heavy atom. The number of aromatic nitrogens is 4. The average Bonchev–Trinajstić information content (AvgIpc) is 3.03. The molecule has 0 unspecified atom stereocenters. The van der Waals surface area contributed by atoms with Crippen LogP contribution in [0.1, 0.15) is 35.2 Å². The maximum atomic E-state index is 12.4. The Morgan fingerprint density at radius 2 is 2.04 bits per heavy atom. The highest BCUT2D eigenvalue weighted by Crippen LogP contribution is 2.11. The van der Waals surface area contributed by atoms with Gasteiger partial charge in [-0.2, -0.15) is 5.10 Å². The molecule has 0 fully saturated rings. The lowest BCUT2D eigenvalue weighted by molar-refractivity contribution is 0.0777. The molecule has 3 rings (SSSR count). The Kier molecular flexibility index (Phi) is 4.32. The smallest absolute Gasteiger partial charge is 0.274 e. The summed E-state index contributed by atoms with van der Waals surface area (Å²) in [6, 6.07) is 9.50. The lowest BCUT2D eigenvalue weighted by Crippen LogP contribution is -2.27. The van der Waals surface area contributed by atoms with E-state index in [0.29, 0.717) is 12.2 Å². The second-order valence-electron chi connectivity index (χ2n) is 5.54. The standard InChI is InChI=1S/C17H19N5O/c1-3-6-12-9-16(21-20-12)17(23)22(2)11-13-10-18-14-7-4-5-8-15(14)19-13/h4-5,7-10H,3,6,11H2,1-2H3,(H,20,21). The zero-order valence-corrected chi connectivity index (χ0v) is 13.3. The number of aromatic amines is 1. The molecule has 0 radical (unpaired) electrons. The number of aryl methyl sites for hydroxylation is 1. The Labute approximate surface area is 134 Å². The Morgan fingerprint density at radius 1 is 1.26 bits per heavy atom. The Bertz CT molecular complexity index is 826. The largest absolute Gasteiger partial charge is 0.334 e. The van der Waals surface area contributed by atoms with Crippen molar-refractivity contribution in [1.82, 2.24) is 25.1 Å². The highest BCUT2D eigenvalue weighted by Gasteiger charge is 2.16. The lowest BCUT2D eigenvalue weighted by Gasteiger charge is -2.15. The first-order valence-corrected chi connectivity index (χ1v) is 7.67. The van der Waals surface area contributed by atoms with Gasteiger partial charge >= 0.3 is 0 Å². The van der Waals surface area contributed by atoms with Gasteiger partial charge in [0, 0.05) is 12.7 Å². The molecule has 3 aromatic rings. The number of benzene rings is 1. The average molecular weight is 309 g/mol. The van der Waals surface area contributed by atoms with E-state index >= 15 is 0 Å². The first kappa shape index (κ1) is 15.1. The maximum Gasteiger partial charge on any atom is 0.274 e. The van der Waals surface area contributed by atoms with Gasteiger partial charge in [-0.15, -0.1) is 0 Å². The number of para-hydroxylation sites is 2. The van der Waals surface area contributed by atoms with Crippen LogP contribution in [0.25, 0.3) is 11.0 Å². The normalized spacial score (nSPS) is 10.9. The molecule has 1 N–H and O–H groups in total. The van der Waals surface area contributed by atoms with Gasteiger partial charge in [0.05, 0.1) is 29.5 Å². The topological polar surface area (TPSA) is 74.8 Å². The molecule has 1 aromatic carbocycles. The summed E-state index contributed by atoms with van der Waals surface area (Å²) in [5.41, 5.74) is 3.85. The van der Waals surface area contributed by atoms with Gasteiger partial charge < -0.3 is 4.90 Å². The van der Waals surface area contributed by atoms with E-state index in [0.717, 1.165) is 35.3 Å². The van der Waals surface area contributed by atoms with Gasteiger partial charge in [-0.3, -0.25) is 14.9 Å². The Balaban J connectivity index is 1.73. The molecule has 0 saturated heterocycles. The first-order valence-electron chi connectivity index (χ1n) is 7.67. The number of hydrogen-bond acceptors (Lipinski definition) is 4. The molecule has 6 heteroatoms. The van der Waals surface area contributed by atoms with Gasteiger partial charge in [-0.1, -0.05) is 25.5 Å². The number of carbonyl (C=O) groups is 1. The van der Waals surface area contributed by atoms with Crippen molar-refractivity contribution in [1.29, 1.82) is 0 Å². The quantitative estimate of drug-likeness (QED) is 0.786. The molecule has 0 atom stereocenters. The summed E-state index contributed by atoms with van der Waals surface area (Å²) in [5, 5.41) is 7.00. The van der Waals surface area contributed by atoms with Crippen molar-refractivity contribution in [2.45, 2.75) is 26.3 Å². The Hall–Kier alpha value is -2.76. The van der Waals surface area contributed by atoms with Crippen molar-refractivity contribution in [2.75, 3.05) is 7.05 Å². The van der Waals surface area contributed by atoms with Crippen molar-refractivity contribution in [3.05, 3.63) is 53.6 Å². The fraction of sp³-hybridized carbons (Fsp3) is 0.294. The van der Waals surface area contributed by atoms with Crippen LogP contribution in [-0.2, 0) is 13.0 Å². The predicted molar refractivity (Wildman–Crippen MR) is 87.9 cm³/mol. The minimum atomic E-state index is -0.126. The minimum absolute atomic E-state index is 0.126.